The number of nitrogens with one attached hydrogen (secondary N) is 1. The number of carbonyl (C=O) groups is 2. The molecule has 0 radical (unpaired) electrons. The normalized spacial score (nSPS) is 15.9. The number of fused-ring (bicyclic) bond motifs is 1. The molecule has 1 fully saturated rings. The predicted octanol–water partition coefficient (Wildman–Crippen LogP) is 4.37. The monoisotopic (exact) mass is 513 g/mol. The van der Waals surface area contributed by atoms with Gasteiger partial charge in [0.1, 0.15) is 11.3 Å². The Morgan fingerprint density at radius 3 is 2.61 bits per heavy atom. The fourth-order valence-corrected chi connectivity index (χ4v) is 4.58. The molecular weight excluding hydrogens is 482 g/mol. The van der Waals surface area contributed by atoms with Gasteiger partial charge in [-0.15, -0.1) is 0 Å². The number of piperidine rings is 1. The lowest BCUT2D eigenvalue weighted by molar-refractivity contribution is 0.0206. The van der Waals surface area contributed by atoms with Crippen LogP contribution in [0.4, 0.5) is 10.6 Å². The minimum atomic E-state index is -0.600. The van der Waals surface area contributed by atoms with E-state index in [1.165, 1.54) is 6.20 Å². The molecule has 1 aliphatic heterocycles. The van der Waals surface area contributed by atoms with Gasteiger partial charge < -0.3 is 20.7 Å². The fourth-order valence-electron chi connectivity index (χ4n) is 4.58. The Bertz CT molecular complexity index is 1480. The van der Waals surface area contributed by atoms with Gasteiger partial charge in [0.2, 0.25) is 0 Å². The molecule has 3 N–H and O–H groups in total. The minimum Gasteiger partial charge on any atom is -0.444 e. The van der Waals surface area contributed by atoms with Gasteiger partial charge in [-0.3, -0.25) is 14.2 Å². The van der Waals surface area contributed by atoms with Crippen molar-refractivity contribution in [1.29, 1.82) is 0 Å². The summed E-state index contributed by atoms with van der Waals surface area (Å²) >= 11 is 0. The van der Waals surface area contributed by atoms with E-state index in [1.54, 1.807) is 27.9 Å². The van der Waals surface area contributed by atoms with Crippen LogP contribution in [0.25, 0.3) is 28.0 Å². The third-order valence-corrected chi connectivity index (χ3v) is 6.33. The van der Waals surface area contributed by atoms with E-state index in [1.807, 2.05) is 57.2 Å². The number of aromatic nitrogens is 4. The van der Waals surface area contributed by atoms with Crippen molar-refractivity contribution in [3.8, 4) is 22.4 Å². The van der Waals surface area contributed by atoms with E-state index in [-0.39, 0.29) is 17.8 Å². The lowest BCUT2D eigenvalue weighted by Crippen LogP contribution is -2.47. The number of rotatable bonds is 5. The first-order chi connectivity index (χ1) is 18.2. The second-order valence-corrected chi connectivity index (χ2v) is 10.4. The van der Waals surface area contributed by atoms with Crippen molar-refractivity contribution in [1.82, 2.24) is 24.3 Å². The van der Waals surface area contributed by atoms with Crippen molar-refractivity contribution in [3.05, 3.63) is 66.9 Å². The molecule has 0 unspecified atom stereocenters. The first kappa shape index (κ1) is 25.2. The number of likely N-dealkylation sites (tertiary alicyclic amines) is 1. The van der Waals surface area contributed by atoms with E-state index in [4.69, 9.17) is 15.5 Å². The smallest absolute Gasteiger partial charge is 0.410 e. The second-order valence-electron chi connectivity index (χ2n) is 10.4. The number of imidazole rings is 1. The standard InChI is InChI=1S/C28H31N7O3/c1-28(2,3)38-27(37)34-13-5-8-21(16-34)32-25-26-33-22(17-35(26)23(15-31-25)24(29)36)20-7-4-6-19(14-20)18-9-11-30-12-10-18/h4,6-7,9-12,14-15,17,21H,5,8,13,16H2,1-3H3,(H2,29,36)(H,31,32)/t21-/m0/s1. The van der Waals surface area contributed by atoms with Gasteiger partial charge in [-0.2, -0.15) is 0 Å². The van der Waals surface area contributed by atoms with Crippen molar-refractivity contribution in [2.24, 2.45) is 5.73 Å². The molecule has 38 heavy (non-hydrogen) atoms. The van der Waals surface area contributed by atoms with Crippen molar-refractivity contribution in [3.63, 3.8) is 0 Å². The summed E-state index contributed by atoms with van der Waals surface area (Å²) in [5.41, 5.74) is 9.44. The number of nitrogens with two attached hydrogens (primary N) is 1. The maximum Gasteiger partial charge on any atom is 0.410 e. The van der Waals surface area contributed by atoms with Gasteiger partial charge in [-0.25, -0.2) is 14.8 Å². The van der Waals surface area contributed by atoms with Crippen LogP contribution < -0.4 is 11.1 Å². The van der Waals surface area contributed by atoms with Crippen molar-refractivity contribution in [2.75, 3.05) is 18.4 Å². The molecule has 196 valence electrons. The van der Waals surface area contributed by atoms with Crippen molar-refractivity contribution >= 4 is 23.5 Å². The molecule has 0 bridgehead atoms. The molecular formula is C28H31N7O3. The quantitative estimate of drug-likeness (QED) is 0.406. The SMILES string of the molecule is CC(C)(C)OC(=O)N1CCC[C@H](Nc2ncc(C(N)=O)n3cc(-c4cccc(-c5ccncc5)c4)nc23)C1. The van der Waals surface area contributed by atoms with Gasteiger partial charge in [0, 0.05) is 43.3 Å². The number of benzene rings is 1. The van der Waals surface area contributed by atoms with Crippen molar-refractivity contribution < 1.29 is 14.3 Å². The van der Waals surface area contributed by atoms with Gasteiger partial charge in [-0.1, -0.05) is 18.2 Å². The van der Waals surface area contributed by atoms with Gasteiger partial charge in [0.25, 0.3) is 5.91 Å². The van der Waals surface area contributed by atoms with Gasteiger partial charge in [0.05, 0.1) is 11.9 Å². The Hall–Kier alpha value is -4.47. The molecule has 0 aliphatic carbocycles. The van der Waals surface area contributed by atoms with Crippen LogP contribution >= 0.6 is 0 Å². The summed E-state index contributed by atoms with van der Waals surface area (Å²) in [7, 11) is 0. The van der Waals surface area contributed by atoms with Gasteiger partial charge in [0.15, 0.2) is 11.5 Å². The summed E-state index contributed by atoms with van der Waals surface area (Å²) < 4.78 is 7.22. The Balaban J connectivity index is 1.46. The van der Waals surface area contributed by atoms with Crippen LogP contribution in [0, 0.1) is 0 Å². The van der Waals surface area contributed by atoms with Crippen LogP contribution in [0.2, 0.25) is 0 Å². The van der Waals surface area contributed by atoms with Crippen LogP contribution in [-0.4, -0.2) is 61.0 Å². The van der Waals surface area contributed by atoms with E-state index in [0.717, 1.165) is 29.5 Å². The zero-order valence-electron chi connectivity index (χ0n) is 21.7. The summed E-state index contributed by atoms with van der Waals surface area (Å²) in [5.74, 6) is -0.0834. The molecule has 0 spiro atoms. The lowest BCUT2D eigenvalue weighted by atomic mass is 10.0. The highest BCUT2D eigenvalue weighted by molar-refractivity contribution is 5.92. The van der Waals surface area contributed by atoms with E-state index in [9.17, 15) is 9.59 Å². The highest BCUT2D eigenvalue weighted by Crippen LogP contribution is 2.28. The van der Waals surface area contributed by atoms with E-state index < -0.39 is 11.5 Å². The number of anilines is 1. The second kappa shape index (κ2) is 10.1. The summed E-state index contributed by atoms with van der Waals surface area (Å²) in [6, 6.07) is 11.8. The minimum absolute atomic E-state index is 0.0536. The lowest BCUT2D eigenvalue weighted by Gasteiger charge is -2.34. The molecule has 1 atom stereocenters. The van der Waals surface area contributed by atoms with Gasteiger partial charge >= 0.3 is 6.09 Å². The topological polar surface area (TPSA) is 128 Å². The Morgan fingerprint density at radius 2 is 1.87 bits per heavy atom. The average Bonchev–Trinajstić information content (AvgIpc) is 3.34. The largest absolute Gasteiger partial charge is 0.444 e. The molecule has 0 saturated carbocycles. The Morgan fingerprint density at radius 1 is 1.11 bits per heavy atom. The molecule has 4 aromatic rings. The zero-order valence-corrected chi connectivity index (χ0v) is 21.7. The Labute approximate surface area is 220 Å². The molecule has 10 nitrogen and oxygen atoms in total. The number of amides is 2. The number of ether oxygens (including phenoxy) is 1. The number of hydrogen-bond acceptors (Lipinski definition) is 7. The van der Waals surface area contributed by atoms with Gasteiger partial charge in [-0.05, 0) is 62.9 Å². The molecule has 1 aromatic carbocycles. The molecule has 5 rings (SSSR count). The first-order valence-corrected chi connectivity index (χ1v) is 12.6. The summed E-state index contributed by atoms with van der Waals surface area (Å²) in [4.78, 5) is 39.9. The number of nitrogens with zero attached hydrogens (tertiary/aromatic N) is 5. The summed E-state index contributed by atoms with van der Waals surface area (Å²) in [5, 5.41) is 3.44. The fraction of sp³-hybridized carbons (Fsp3) is 0.321. The van der Waals surface area contributed by atoms with Crippen LogP contribution in [0.5, 0.6) is 0 Å². The highest BCUT2D eigenvalue weighted by Gasteiger charge is 2.28. The van der Waals surface area contributed by atoms with Crippen molar-refractivity contribution in [2.45, 2.75) is 45.3 Å². The molecule has 1 saturated heterocycles. The van der Waals surface area contributed by atoms with E-state index in [2.05, 4.69) is 15.3 Å². The number of primary amides is 1. The highest BCUT2D eigenvalue weighted by atomic mass is 16.6. The predicted molar refractivity (Wildman–Crippen MR) is 145 cm³/mol. The number of pyridine rings is 1. The van der Waals surface area contributed by atoms with Crippen LogP contribution in [0.1, 0.15) is 44.1 Å². The molecule has 10 heteroatoms. The van der Waals surface area contributed by atoms with Crippen LogP contribution in [-0.2, 0) is 4.74 Å². The van der Waals surface area contributed by atoms with Crippen LogP contribution in [0.15, 0.2) is 61.2 Å². The summed E-state index contributed by atoms with van der Waals surface area (Å²) in [6.07, 6.45) is 8.10. The summed E-state index contributed by atoms with van der Waals surface area (Å²) in [6.45, 7) is 6.68. The van der Waals surface area contributed by atoms with Crippen LogP contribution in [0.3, 0.4) is 0 Å². The first-order valence-electron chi connectivity index (χ1n) is 12.6. The number of carbonyl (C=O) groups excluding carboxylic acids is 2. The maximum absolute atomic E-state index is 12.6. The molecule has 1 aliphatic rings. The molecule has 2 amide bonds. The Kier molecular flexibility index (Phi) is 6.71. The molecule has 4 heterocycles. The third-order valence-electron chi connectivity index (χ3n) is 6.33. The maximum atomic E-state index is 12.6. The van der Waals surface area contributed by atoms with E-state index >= 15 is 0 Å². The average molecular weight is 514 g/mol. The number of hydrogen-bond donors (Lipinski definition) is 2. The third kappa shape index (κ3) is 5.44. The molecule has 3 aromatic heterocycles. The van der Waals surface area contributed by atoms with E-state index in [0.29, 0.717) is 30.2 Å². The zero-order chi connectivity index (χ0) is 26.9.